The van der Waals surface area contributed by atoms with E-state index in [0.717, 1.165) is 22.8 Å². The van der Waals surface area contributed by atoms with E-state index in [0.29, 0.717) is 11.9 Å². The number of hydrogen-bond donors (Lipinski definition) is 0. The van der Waals surface area contributed by atoms with Crippen LogP contribution in [-0.4, -0.2) is 30.1 Å². The Kier molecular flexibility index (Phi) is 5.42. The van der Waals surface area contributed by atoms with Gasteiger partial charge in [0.2, 0.25) is 0 Å². The van der Waals surface area contributed by atoms with Gasteiger partial charge in [-0.05, 0) is 31.7 Å². The van der Waals surface area contributed by atoms with E-state index in [4.69, 9.17) is 11.6 Å². The summed E-state index contributed by atoms with van der Waals surface area (Å²) in [6, 6.07) is 4.60. The highest BCUT2D eigenvalue weighted by molar-refractivity contribution is 7.98. The molecular weight excluding hydrogens is 240 g/mol. The Morgan fingerprint density at radius 2 is 2.19 bits per heavy atom. The molecule has 1 unspecified atom stereocenters. The third-order valence-corrected chi connectivity index (χ3v) is 3.86. The Hall–Kier alpha value is -0.410. The molecule has 0 N–H and O–H groups in total. The maximum Gasteiger partial charge on any atom is 0.128 e. The SMILES string of the molecule is CSCC(C)N(C)c1ccc(CCl)c(C)n1. The monoisotopic (exact) mass is 258 g/mol. The number of thioether (sulfide) groups is 1. The maximum atomic E-state index is 5.82. The van der Waals surface area contributed by atoms with Gasteiger partial charge in [-0.1, -0.05) is 6.07 Å². The van der Waals surface area contributed by atoms with E-state index in [1.54, 1.807) is 0 Å². The first-order valence-corrected chi connectivity index (χ1v) is 7.27. The molecule has 0 aliphatic rings. The minimum atomic E-state index is 0.490. The number of hydrogen-bond acceptors (Lipinski definition) is 3. The molecule has 1 rings (SSSR count). The molecule has 0 radical (unpaired) electrons. The minimum Gasteiger partial charge on any atom is -0.356 e. The molecule has 1 aromatic heterocycles. The van der Waals surface area contributed by atoms with Gasteiger partial charge in [-0.25, -0.2) is 4.98 Å². The summed E-state index contributed by atoms with van der Waals surface area (Å²) in [5, 5.41) is 0. The molecule has 90 valence electrons. The first-order valence-electron chi connectivity index (χ1n) is 5.34. The Bertz CT molecular complexity index is 344. The molecule has 0 aliphatic carbocycles. The second kappa shape index (κ2) is 6.36. The van der Waals surface area contributed by atoms with E-state index in [2.05, 4.69) is 36.2 Å². The predicted molar refractivity (Wildman–Crippen MR) is 74.8 cm³/mol. The van der Waals surface area contributed by atoms with Crippen LogP contribution in [0.4, 0.5) is 5.82 Å². The molecule has 0 saturated heterocycles. The number of nitrogens with zero attached hydrogens (tertiary/aromatic N) is 2. The fraction of sp³-hybridized carbons (Fsp3) is 0.583. The van der Waals surface area contributed by atoms with E-state index in [9.17, 15) is 0 Å². The molecule has 0 amide bonds. The minimum absolute atomic E-state index is 0.490. The van der Waals surface area contributed by atoms with Crippen LogP contribution in [0.2, 0.25) is 0 Å². The summed E-state index contributed by atoms with van der Waals surface area (Å²) in [5.41, 5.74) is 2.13. The lowest BCUT2D eigenvalue weighted by Gasteiger charge is -2.25. The summed E-state index contributed by atoms with van der Waals surface area (Å²) in [7, 11) is 2.09. The predicted octanol–water partition coefficient (Wildman–Crippen LogP) is 3.32. The molecule has 0 aromatic carbocycles. The lowest BCUT2D eigenvalue weighted by atomic mass is 10.2. The Balaban J connectivity index is 2.84. The van der Waals surface area contributed by atoms with Crippen LogP contribution in [0.3, 0.4) is 0 Å². The van der Waals surface area contributed by atoms with Gasteiger partial charge in [0, 0.05) is 30.4 Å². The number of aromatic nitrogens is 1. The van der Waals surface area contributed by atoms with Crippen molar-refractivity contribution in [3.63, 3.8) is 0 Å². The maximum absolute atomic E-state index is 5.82. The van der Waals surface area contributed by atoms with Crippen molar-refractivity contribution < 1.29 is 0 Å². The standard InChI is InChI=1S/C12H19ClN2S/c1-9(8-16-4)15(3)12-6-5-11(7-13)10(2)14-12/h5-6,9H,7-8H2,1-4H3. The van der Waals surface area contributed by atoms with Crippen molar-refractivity contribution >= 4 is 29.2 Å². The van der Waals surface area contributed by atoms with E-state index < -0.39 is 0 Å². The van der Waals surface area contributed by atoms with Gasteiger partial charge < -0.3 is 4.90 Å². The lowest BCUT2D eigenvalue weighted by molar-refractivity contribution is 0.751. The molecule has 4 heteroatoms. The van der Waals surface area contributed by atoms with Gasteiger partial charge in [0.05, 0.1) is 0 Å². The zero-order valence-corrected chi connectivity index (χ0v) is 11.9. The molecule has 16 heavy (non-hydrogen) atoms. The van der Waals surface area contributed by atoms with Crippen LogP contribution in [0.25, 0.3) is 0 Å². The largest absolute Gasteiger partial charge is 0.356 e. The summed E-state index contributed by atoms with van der Waals surface area (Å²) in [6.07, 6.45) is 2.12. The quantitative estimate of drug-likeness (QED) is 0.754. The van der Waals surface area contributed by atoms with Crippen molar-refractivity contribution in [2.75, 3.05) is 24.0 Å². The Labute approximate surface area is 107 Å². The van der Waals surface area contributed by atoms with Crippen molar-refractivity contribution in [3.05, 3.63) is 23.4 Å². The highest BCUT2D eigenvalue weighted by Crippen LogP contribution is 2.18. The fourth-order valence-electron chi connectivity index (χ4n) is 1.49. The second-order valence-corrected chi connectivity index (χ2v) is 5.14. The molecule has 0 fully saturated rings. The van der Waals surface area contributed by atoms with E-state index in [1.807, 2.05) is 24.8 Å². The molecule has 0 spiro atoms. The first-order chi connectivity index (χ1) is 7.60. The van der Waals surface area contributed by atoms with Crippen molar-refractivity contribution in [1.29, 1.82) is 0 Å². The number of pyridine rings is 1. The average Bonchev–Trinajstić information content (AvgIpc) is 2.28. The van der Waals surface area contributed by atoms with E-state index >= 15 is 0 Å². The molecule has 0 bridgehead atoms. The number of halogens is 1. The average molecular weight is 259 g/mol. The Morgan fingerprint density at radius 1 is 1.50 bits per heavy atom. The van der Waals surface area contributed by atoms with Gasteiger partial charge >= 0.3 is 0 Å². The highest BCUT2D eigenvalue weighted by atomic mass is 35.5. The van der Waals surface area contributed by atoms with E-state index in [-0.39, 0.29) is 0 Å². The van der Waals surface area contributed by atoms with Crippen molar-refractivity contribution in [3.8, 4) is 0 Å². The van der Waals surface area contributed by atoms with Crippen LogP contribution in [-0.2, 0) is 5.88 Å². The van der Waals surface area contributed by atoms with Gasteiger partial charge in [0.15, 0.2) is 0 Å². The molecule has 1 heterocycles. The summed E-state index contributed by atoms with van der Waals surface area (Å²) in [5.74, 6) is 2.66. The van der Waals surface area contributed by atoms with Crippen LogP contribution in [0.15, 0.2) is 12.1 Å². The molecular formula is C12H19ClN2S. The van der Waals surface area contributed by atoms with Gasteiger partial charge in [0.25, 0.3) is 0 Å². The fourth-order valence-corrected chi connectivity index (χ4v) is 2.48. The molecule has 1 atom stereocenters. The van der Waals surface area contributed by atoms with Crippen molar-refractivity contribution in [2.24, 2.45) is 0 Å². The van der Waals surface area contributed by atoms with Gasteiger partial charge in [0.1, 0.15) is 5.82 Å². The lowest BCUT2D eigenvalue weighted by Crippen LogP contribution is -2.31. The third-order valence-electron chi connectivity index (χ3n) is 2.75. The topological polar surface area (TPSA) is 16.1 Å². The van der Waals surface area contributed by atoms with E-state index in [1.165, 1.54) is 0 Å². The highest BCUT2D eigenvalue weighted by Gasteiger charge is 2.11. The van der Waals surface area contributed by atoms with Crippen LogP contribution >= 0.6 is 23.4 Å². The normalized spacial score (nSPS) is 12.6. The Morgan fingerprint density at radius 3 is 2.69 bits per heavy atom. The van der Waals surface area contributed by atoms with Crippen LogP contribution in [0.1, 0.15) is 18.2 Å². The van der Waals surface area contributed by atoms with Gasteiger partial charge in [-0.3, -0.25) is 0 Å². The number of anilines is 1. The number of rotatable bonds is 5. The molecule has 1 aromatic rings. The zero-order valence-electron chi connectivity index (χ0n) is 10.3. The van der Waals surface area contributed by atoms with Gasteiger partial charge in [-0.15, -0.1) is 11.6 Å². The summed E-state index contributed by atoms with van der Waals surface area (Å²) >= 11 is 7.67. The smallest absolute Gasteiger partial charge is 0.128 e. The molecule has 2 nitrogen and oxygen atoms in total. The number of alkyl halides is 1. The summed E-state index contributed by atoms with van der Waals surface area (Å²) < 4.78 is 0. The van der Waals surface area contributed by atoms with Crippen molar-refractivity contribution in [2.45, 2.75) is 25.8 Å². The van der Waals surface area contributed by atoms with Crippen LogP contribution in [0, 0.1) is 6.92 Å². The molecule has 0 saturated carbocycles. The summed E-state index contributed by atoms with van der Waals surface area (Å²) in [4.78, 5) is 6.79. The van der Waals surface area contributed by atoms with Crippen LogP contribution in [0.5, 0.6) is 0 Å². The van der Waals surface area contributed by atoms with Crippen LogP contribution < -0.4 is 4.90 Å². The van der Waals surface area contributed by atoms with Gasteiger partial charge in [-0.2, -0.15) is 11.8 Å². The number of aryl methyl sites for hydroxylation is 1. The summed E-state index contributed by atoms with van der Waals surface area (Å²) in [6.45, 7) is 4.22. The zero-order chi connectivity index (χ0) is 12.1. The first kappa shape index (κ1) is 13.7. The second-order valence-electron chi connectivity index (χ2n) is 3.96. The van der Waals surface area contributed by atoms with Crippen molar-refractivity contribution in [1.82, 2.24) is 4.98 Å². The third kappa shape index (κ3) is 3.29. The molecule has 0 aliphatic heterocycles.